The van der Waals surface area contributed by atoms with Gasteiger partial charge in [-0.25, -0.2) is 4.39 Å². The zero-order valence-electron chi connectivity index (χ0n) is 24.7. The summed E-state index contributed by atoms with van der Waals surface area (Å²) in [4.78, 5) is 75.8. The lowest BCUT2D eigenvalue weighted by atomic mass is 9.82. The lowest BCUT2D eigenvalue weighted by Crippen LogP contribution is -2.50. The number of nitrogens with one attached hydrogen (secondary N) is 6. The van der Waals surface area contributed by atoms with Crippen LogP contribution in [0.2, 0.25) is 0 Å². The molecular formula is C28H37FN8O7. The first kappa shape index (κ1) is 33.8. The highest BCUT2D eigenvalue weighted by Crippen LogP contribution is 2.39. The number of nitrogens with zero attached hydrogens (tertiary/aromatic N) is 1. The second kappa shape index (κ2) is 15.7. The Morgan fingerprint density at radius 2 is 1.77 bits per heavy atom. The first-order valence-electron chi connectivity index (χ1n) is 13.9. The molecule has 1 aromatic heterocycles. The van der Waals surface area contributed by atoms with Crippen molar-refractivity contribution in [3.63, 3.8) is 0 Å². The molecule has 6 amide bonds. The van der Waals surface area contributed by atoms with E-state index in [2.05, 4.69) is 36.9 Å². The first-order valence-corrected chi connectivity index (χ1v) is 13.9. The first-order chi connectivity index (χ1) is 20.9. The molecule has 3 rings (SSSR count). The van der Waals surface area contributed by atoms with Crippen molar-refractivity contribution in [1.82, 2.24) is 36.9 Å². The van der Waals surface area contributed by atoms with Gasteiger partial charge in [0.05, 0.1) is 31.2 Å². The Hall–Kier alpha value is -4.70. The Kier molecular flexibility index (Phi) is 12.0. The van der Waals surface area contributed by atoms with Gasteiger partial charge in [0, 0.05) is 31.1 Å². The average molecular weight is 617 g/mol. The van der Waals surface area contributed by atoms with Crippen LogP contribution in [0.4, 0.5) is 4.39 Å². The van der Waals surface area contributed by atoms with Gasteiger partial charge in [0.1, 0.15) is 25.2 Å². The highest BCUT2D eigenvalue weighted by Gasteiger charge is 2.29. The van der Waals surface area contributed by atoms with E-state index in [4.69, 9.17) is 10.5 Å². The SMILES string of the molecule is CC(=O)NCc1cnc2cc(F)c(C)c3c2c1[C@@H](NC(=O)COCNC(=O)CNC(=O)[C@H](C)NC(=O)CNC(=O)CN)CC3. The highest BCUT2D eigenvalue weighted by atomic mass is 19.1. The molecule has 1 aliphatic rings. The number of ether oxygens (including phenoxy) is 1. The average Bonchev–Trinajstić information content (AvgIpc) is 2.99. The number of rotatable bonds is 14. The smallest absolute Gasteiger partial charge is 0.246 e. The number of hydrogen-bond donors (Lipinski definition) is 7. The van der Waals surface area contributed by atoms with Crippen molar-refractivity contribution < 1.29 is 37.9 Å². The molecule has 15 nitrogen and oxygen atoms in total. The molecule has 44 heavy (non-hydrogen) atoms. The molecule has 0 aliphatic heterocycles. The monoisotopic (exact) mass is 616 g/mol. The van der Waals surface area contributed by atoms with Gasteiger partial charge in [-0.3, -0.25) is 33.8 Å². The molecule has 0 spiro atoms. The summed E-state index contributed by atoms with van der Waals surface area (Å²) in [5.74, 6) is -3.40. The molecule has 2 aromatic rings. The maximum absolute atomic E-state index is 14.5. The second-order valence-corrected chi connectivity index (χ2v) is 10.2. The molecule has 0 bridgehead atoms. The van der Waals surface area contributed by atoms with Crippen LogP contribution in [-0.2, 0) is 46.5 Å². The summed E-state index contributed by atoms with van der Waals surface area (Å²) >= 11 is 0. The zero-order valence-corrected chi connectivity index (χ0v) is 24.7. The fraction of sp³-hybridized carbons (Fsp3) is 0.464. The minimum atomic E-state index is -0.972. The third kappa shape index (κ3) is 9.15. The molecule has 1 heterocycles. The fourth-order valence-electron chi connectivity index (χ4n) is 4.72. The van der Waals surface area contributed by atoms with Crippen molar-refractivity contribution in [3.8, 4) is 0 Å². The lowest BCUT2D eigenvalue weighted by molar-refractivity contribution is -0.131. The van der Waals surface area contributed by atoms with Crippen LogP contribution in [0, 0.1) is 12.7 Å². The van der Waals surface area contributed by atoms with E-state index >= 15 is 0 Å². The molecule has 0 radical (unpaired) electrons. The van der Waals surface area contributed by atoms with Gasteiger partial charge >= 0.3 is 0 Å². The standard InChI is InChI=1S/C28H37FN8O7/c1-14-18-4-5-20(26-17(8-31-16(3)38)9-32-21(27(18)26)6-19(14)29)37-25(42)12-44-13-35-23(40)10-34-28(43)15(2)36-24(41)11-33-22(39)7-30/h6,9,15,20H,4-5,7-8,10-13,30H2,1-3H3,(H,31,38)(H,33,39)(H,34,43)(H,35,40)(H,36,41)(H,37,42)/t15-,20-/m0/s1. The van der Waals surface area contributed by atoms with Crippen LogP contribution in [0.1, 0.15) is 48.6 Å². The van der Waals surface area contributed by atoms with E-state index < -0.39 is 48.2 Å². The minimum absolute atomic E-state index is 0.188. The topological polar surface area (TPSA) is 223 Å². The highest BCUT2D eigenvalue weighted by molar-refractivity contribution is 5.92. The largest absolute Gasteiger partial charge is 0.352 e. The number of hydrogen-bond acceptors (Lipinski definition) is 9. The number of amides is 6. The minimum Gasteiger partial charge on any atom is -0.352 e. The number of pyridine rings is 1. The normalized spacial score (nSPS) is 14.2. The fourth-order valence-corrected chi connectivity index (χ4v) is 4.72. The van der Waals surface area contributed by atoms with E-state index in [0.29, 0.717) is 29.5 Å². The molecule has 8 N–H and O–H groups in total. The number of aromatic nitrogens is 1. The van der Waals surface area contributed by atoms with E-state index in [1.165, 1.54) is 19.9 Å². The van der Waals surface area contributed by atoms with Crippen molar-refractivity contribution in [2.24, 2.45) is 5.73 Å². The predicted octanol–water partition coefficient (Wildman–Crippen LogP) is -1.79. The Labute approximate surface area is 252 Å². The van der Waals surface area contributed by atoms with Crippen LogP contribution in [0.15, 0.2) is 12.3 Å². The van der Waals surface area contributed by atoms with Gasteiger partial charge in [0.25, 0.3) is 0 Å². The van der Waals surface area contributed by atoms with Crippen LogP contribution in [0.25, 0.3) is 10.9 Å². The number of carbonyl (C=O) groups is 6. The van der Waals surface area contributed by atoms with Gasteiger partial charge in [-0.15, -0.1) is 0 Å². The third-order valence-corrected chi connectivity index (χ3v) is 6.93. The number of aryl methyl sites for hydroxylation is 1. The molecule has 238 valence electrons. The summed E-state index contributed by atoms with van der Waals surface area (Å²) < 4.78 is 19.8. The Morgan fingerprint density at radius 3 is 2.48 bits per heavy atom. The van der Waals surface area contributed by atoms with Gasteiger partial charge in [-0.05, 0) is 48.9 Å². The summed E-state index contributed by atoms with van der Waals surface area (Å²) in [5.41, 5.74) is 8.39. The maximum atomic E-state index is 14.5. The summed E-state index contributed by atoms with van der Waals surface area (Å²) in [5, 5.41) is 15.8. The third-order valence-electron chi connectivity index (χ3n) is 6.93. The molecule has 0 saturated carbocycles. The van der Waals surface area contributed by atoms with Crippen molar-refractivity contribution >= 4 is 46.3 Å². The summed E-state index contributed by atoms with van der Waals surface area (Å²) in [6.45, 7) is 2.97. The van der Waals surface area contributed by atoms with E-state index in [-0.39, 0.29) is 44.7 Å². The molecule has 0 fully saturated rings. The van der Waals surface area contributed by atoms with Crippen molar-refractivity contribution in [2.45, 2.75) is 52.2 Å². The Balaban J connectivity index is 1.48. The van der Waals surface area contributed by atoms with Crippen LogP contribution >= 0.6 is 0 Å². The zero-order chi connectivity index (χ0) is 32.4. The van der Waals surface area contributed by atoms with Crippen LogP contribution < -0.4 is 37.6 Å². The van der Waals surface area contributed by atoms with Crippen molar-refractivity contribution in [2.75, 3.05) is 33.0 Å². The molecular weight excluding hydrogens is 579 g/mol. The molecule has 16 heteroatoms. The van der Waals surface area contributed by atoms with Gasteiger partial charge in [0.2, 0.25) is 35.4 Å². The quantitative estimate of drug-likeness (QED) is 0.0939. The number of halogens is 1. The summed E-state index contributed by atoms with van der Waals surface area (Å²) in [6, 6.07) is -0.0532. The Morgan fingerprint density at radius 1 is 1.05 bits per heavy atom. The van der Waals surface area contributed by atoms with Gasteiger partial charge in [0.15, 0.2) is 0 Å². The number of nitrogens with two attached hydrogens (primary N) is 1. The van der Waals surface area contributed by atoms with E-state index in [1.54, 1.807) is 13.1 Å². The molecule has 0 saturated heterocycles. The number of benzene rings is 1. The van der Waals surface area contributed by atoms with Gasteiger partial charge < -0.3 is 42.4 Å². The van der Waals surface area contributed by atoms with E-state index in [9.17, 15) is 33.2 Å². The van der Waals surface area contributed by atoms with Crippen molar-refractivity contribution in [1.29, 1.82) is 0 Å². The van der Waals surface area contributed by atoms with E-state index in [1.807, 2.05) is 0 Å². The summed E-state index contributed by atoms with van der Waals surface area (Å²) in [7, 11) is 0. The van der Waals surface area contributed by atoms with Gasteiger partial charge in [-0.2, -0.15) is 0 Å². The maximum Gasteiger partial charge on any atom is 0.246 e. The van der Waals surface area contributed by atoms with E-state index in [0.717, 1.165) is 16.5 Å². The van der Waals surface area contributed by atoms with Crippen LogP contribution in [0.3, 0.4) is 0 Å². The molecule has 2 atom stereocenters. The molecule has 1 aliphatic carbocycles. The van der Waals surface area contributed by atoms with Crippen LogP contribution in [0.5, 0.6) is 0 Å². The molecule has 1 aromatic carbocycles. The van der Waals surface area contributed by atoms with Crippen molar-refractivity contribution in [3.05, 3.63) is 40.3 Å². The lowest BCUT2D eigenvalue weighted by Gasteiger charge is -2.30. The predicted molar refractivity (Wildman–Crippen MR) is 155 cm³/mol. The van der Waals surface area contributed by atoms with Gasteiger partial charge in [-0.1, -0.05) is 0 Å². The number of carbonyl (C=O) groups excluding carboxylic acids is 6. The summed E-state index contributed by atoms with van der Waals surface area (Å²) in [6.07, 6.45) is 2.57. The Bertz CT molecular complexity index is 1450. The second-order valence-electron chi connectivity index (χ2n) is 10.2. The van der Waals surface area contributed by atoms with Crippen LogP contribution in [-0.4, -0.2) is 79.4 Å². The molecule has 0 unspecified atom stereocenters.